The smallest absolute Gasteiger partial charge is 0.129 e. The summed E-state index contributed by atoms with van der Waals surface area (Å²) in [4.78, 5) is 0. The van der Waals surface area contributed by atoms with Gasteiger partial charge in [0.1, 0.15) is 11.0 Å². The van der Waals surface area contributed by atoms with Crippen LogP contribution in [-0.4, -0.2) is 55.4 Å². The molecule has 0 spiro atoms. The van der Waals surface area contributed by atoms with Crippen LogP contribution in [-0.2, 0) is 14.2 Å². The lowest BCUT2D eigenvalue weighted by Crippen LogP contribution is -2.14. The van der Waals surface area contributed by atoms with E-state index in [0.29, 0.717) is 44.6 Å². The van der Waals surface area contributed by atoms with Gasteiger partial charge in [-0.3, -0.25) is 0 Å². The average Bonchev–Trinajstić information content (AvgIpc) is 2.96. The number of methoxy groups -OCH3 is 1. The Kier molecular flexibility index (Phi) is 7.11. The highest BCUT2D eigenvalue weighted by Crippen LogP contribution is 2.29. The maximum atomic E-state index is 6.17. The minimum Gasteiger partial charge on any atom is -0.382 e. The molecule has 1 aromatic carbocycles. The lowest BCUT2D eigenvalue weighted by atomic mass is 10.2. The normalized spacial score (nSPS) is 11.1. The molecule has 0 bridgehead atoms. The van der Waals surface area contributed by atoms with Crippen molar-refractivity contribution in [3.8, 4) is 0 Å². The van der Waals surface area contributed by atoms with Gasteiger partial charge < -0.3 is 19.5 Å². The predicted octanol–water partition coefficient (Wildman–Crippen LogP) is 2.44. The molecule has 0 fully saturated rings. The van der Waals surface area contributed by atoms with Crippen molar-refractivity contribution in [1.29, 1.82) is 0 Å². The Morgan fingerprint density at radius 3 is 2.67 bits per heavy atom. The highest BCUT2D eigenvalue weighted by molar-refractivity contribution is 7.00. The standard InChI is InChI=1S/C13H18ClN3O3S/c1-18-6-7-20-9-8-19-5-4-15-12-10(14)2-3-11-13(12)17-21-16-11/h2-3,15H,4-9H2,1H3. The summed E-state index contributed by atoms with van der Waals surface area (Å²) in [5.74, 6) is 0. The molecule has 0 saturated heterocycles. The molecule has 116 valence electrons. The van der Waals surface area contributed by atoms with Gasteiger partial charge in [-0.15, -0.1) is 0 Å². The van der Waals surface area contributed by atoms with Crippen LogP contribution in [0, 0.1) is 0 Å². The number of nitrogens with zero attached hydrogens (tertiary/aromatic N) is 2. The second-order valence-electron chi connectivity index (χ2n) is 4.20. The second kappa shape index (κ2) is 9.11. The molecule has 0 radical (unpaired) electrons. The Morgan fingerprint density at radius 1 is 1.10 bits per heavy atom. The second-order valence-corrected chi connectivity index (χ2v) is 5.13. The van der Waals surface area contributed by atoms with Crippen LogP contribution in [0.25, 0.3) is 11.0 Å². The van der Waals surface area contributed by atoms with E-state index in [1.807, 2.05) is 12.1 Å². The number of ether oxygens (including phenoxy) is 3. The van der Waals surface area contributed by atoms with Gasteiger partial charge in [0, 0.05) is 13.7 Å². The van der Waals surface area contributed by atoms with Crippen LogP contribution in [0.3, 0.4) is 0 Å². The fraction of sp³-hybridized carbons (Fsp3) is 0.538. The largest absolute Gasteiger partial charge is 0.382 e. The van der Waals surface area contributed by atoms with E-state index < -0.39 is 0 Å². The number of nitrogens with one attached hydrogen (secondary N) is 1. The third-order valence-corrected chi connectivity index (χ3v) is 3.59. The summed E-state index contributed by atoms with van der Waals surface area (Å²) in [5, 5.41) is 3.88. The van der Waals surface area contributed by atoms with Crippen molar-refractivity contribution in [2.45, 2.75) is 0 Å². The van der Waals surface area contributed by atoms with E-state index in [9.17, 15) is 0 Å². The Bertz CT molecular complexity index is 552. The van der Waals surface area contributed by atoms with Gasteiger partial charge in [-0.05, 0) is 12.1 Å². The van der Waals surface area contributed by atoms with Crippen LogP contribution >= 0.6 is 23.3 Å². The van der Waals surface area contributed by atoms with Crippen molar-refractivity contribution in [3.05, 3.63) is 17.2 Å². The average molecular weight is 332 g/mol. The molecule has 1 heterocycles. The fourth-order valence-corrected chi connectivity index (χ4v) is 2.47. The number of fused-ring (bicyclic) bond motifs is 1. The molecular formula is C13H18ClN3O3S. The van der Waals surface area contributed by atoms with Gasteiger partial charge >= 0.3 is 0 Å². The van der Waals surface area contributed by atoms with Crippen LogP contribution < -0.4 is 5.32 Å². The first kappa shape index (κ1) is 16.4. The van der Waals surface area contributed by atoms with Gasteiger partial charge in [0.15, 0.2) is 0 Å². The first-order valence-electron chi connectivity index (χ1n) is 6.62. The van der Waals surface area contributed by atoms with Crippen molar-refractivity contribution < 1.29 is 14.2 Å². The number of hydrogen-bond acceptors (Lipinski definition) is 7. The summed E-state index contributed by atoms with van der Waals surface area (Å²) < 4.78 is 24.1. The molecule has 1 N–H and O–H groups in total. The van der Waals surface area contributed by atoms with Crippen LogP contribution in [0.4, 0.5) is 5.69 Å². The van der Waals surface area contributed by atoms with Gasteiger partial charge in [-0.25, -0.2) is 0 Å². The fourth-order valence-electron chi connectivity index (χ4n) is 1.71. The summed E-state index contributed by atoms with van der Waals surface area (Å²) in [5.41, 5.74) is 2.46. The van der Waals surface area contributed by atoms with E-state index in [4.69, 9.17) is 25.8 Å². The maximum absolute atomic E-state index is 6.17. The Balaban J connectivity index is 1.66. The number of halogens is 1. The molecule has 0 aliphatic heterocycles. The van der Waals surface area contributed by atoms with Crippen molar-refractivity contribution in [2.24, 2.45) is 0 Å². The van der Waals surface area contributed by atoms with Crippen molar-refractivity contribution in [3.63, 3.8) is 0 Å². The summed E-state index contributed by atoms with van der Waals surface area (Å²) in [7, 11) is 1.65. The van der Waals surface area contributed by atoms with Crippen LogP contribution in [0.5, 0.6) is 0 Å². The SMILES string of the molecule is COCCOCCOCCNc1c(Cl)ccc2nsnc12. The molecule has 0 atom stereocenters. The molecule has 0 saturated carbocycles. The van der Waals surface area contributed by atoms with E-state index in [1.54, 1.807) is 7.11 Å². The van der Waals surface area contributed by atoms with E-state index >= 15 is 0 Å². The minimum atomic E-state index is 0.557. The quantitative estimate of drug-likeness (QED) is 0.675. The van der Waals surface area contributed by atoms with Gasteiger partial charge in [0.25, 0.3) is 0 Å². The summed E-state index contributed by atoms with van der Waals surface area (Å²) >= 11 is 7.35. The molecule has 8 heteroatoms. The molecule has 0 unspecified atom stereocenters. The Labute approximate surface area is 132 Å². The van der Waals surface area contributed by atoms with E-state index in [-0.39, 0.29) is 0 Å². The molecule has 21 heavy (non-hydrogen) atoms. The topological polar surface area (TPSA) is 65.5 Å². The highest BCUT2D eigenvalue weighted by Gasteiger charge is 2.08. The molecule has 6 nitrogen and oxygen atoms in total. The number of anilines is 1. The number of rotatable bonds is 10. The zero-order valence-corrected chi connectivity index (χ0v) is 13.4. The summed E-state index contributed by atoms with van der Waals surface area (Å²) in [6, 6.07) is 3.68. The van der Waals surface area contributed by atoms with Crippen LogP contribution in [0.15, 0.2) is 12.1 Å². The Morgan fingerprint density at radius 2 is 1.86 bits per heavy atom. The molecular weight excluding hydrogens is 314 g/mol. The van der Waals surface area contributed by atoms with Crippen LogP contribution in [0.2, 0.25) is 5.02 Å². The third-order valence-electron chi connectivity index (χ3n) is 2.73. The number of aromatic nitrogens is 2. The van der Waals surface area contributed by atoms with E-state index in [1.165, 1.54) is 11.7 Å². The monoisotopic (exact) mass is 331 g/mol. The molecule has 0 aliphatic carbocycles. The van der Waals surface area contributed by atoms with E-state index in [0.717, 1.165) is 16.7 Å². The summed E-state index contributed by atoms with van der Waals surface area (Å²) in [6.07, 6.45) is 0. The first-order valence-corrected chi connectivity index (χ1v) is 7.73. The van der Waals surface area contributed by atoms with Crippen LogP contribution in [0.1, 0.15) is 0 Å². The summed E-state index contributed by atoms with van der Waals surface area (Å²) in [6.45, 7) is 3.53. The lowest BCUT2D eigenvalue weighted by molar-refractivity contribution is 0.0272. The van der Waals surface area contributed by atoms with Gasteiger partial charge in [-0.2, -0.15) is 8.75 Å². The van der Waals surface area contributed by atoms with Crippen molar-refractivity contribution in [2.75, 3.05) is 52.0 Å². The number of hydrogen-bond donors (Lipinski definition) is 1. The Hall–Kier alpha value is -0.990. The van der Waals surface area contributed by atoms with Gasteiger partial charge in [-0.1, -0.05) is 11.6 Å². The predicted molar refractivity (Wildman–Crippen MR) is 84.4 cm³/mol. The molecule has 2 rings (SSSR count). The highest BCUT2D eigenvalue weighted by atomic mass is 35.5. The first-order chi connectivity index (χ1) is 10.3. The van der Waals surface area contributed by atoms with E-state index in [2.05, 4.69) is 14.1 Å². The molecule has 1 aromatic heterocycles. The van der Waals surface area contributed by atoms with Gasteiger partial charge in [0.2, 0.25) is 0 Å². The van der Waals surface area contributed by atoms with Crippen molar-refractivity contribution >= 4 is 40.0 Å². The van der Waals surface area contributed by atoms with Gasteiger partial charge in [0.05, 0.1) is 55.5 Å². The molecule has 0 amide bonds. The number of benzene rings is 1. The maximum Gasteiger partial charge on any atom is 0.129 e. The zero-order valence-electron chi connectivity index (χ0n) is 11.8. The minimum absolute atomic E-state index is 0.557. The lowest BCUT2D eigenvalue weighted by Gasteiger charge is -2.09. The third kappa shape index (κ3) is 5.05. The zero-order chi connectivity index (χ0) is 14.9. The molecule has 0 aliphatic rings. The van der Waals surface area contributed by atoms with Crippen molar-refractivity contribution in [1.82, 2.24) is 8.75 Å². The molecule has 2 aromatic rings.